The molecule has 15 heavy (non-hydrogen) atoms. The molecule has 1 aromatic heterocycles. The fourth-order valence-electron chi connectivity index (χ4n) is 1.67. The summed E-state index contributed by atoms with van der Waals surface area (Å²) in [5.74, 6) is 1.49. The second kappa shape index (κ2) is 3.77. The van der Waals surface area contributed by atoms with Crippen LogP contribution in [0.5, 0.6) is 5.75 Å². The molecule has 0 N–H and O–H groups in total. The van der Waals surface area contributed by atoms with E-state index in [1.54, 1.807) is 7.11 Å². The second-order valence-corrected chi connectivity index (χ2v) is 3.32. The molecule has 0 spiro atoms. The average molecular weight is 203 g/mol. The fraction of sp³-hybridized carbons (Fsp3) is 0.250. The van der Waals surface area contributed by atoms with Gasteiger partial charge in [-0.1, -0.05) is 6.08 Å². The molecule has 0 unspecified atom stereocenters. The van der Waals surface area contributed by atoms with Gasteiger partial charge in [0.1, 0.15) is 11.3 Å². The van der Waals surface area contributed by atoms with E-state index in [2.05, 4.69) is 11.6 Å². The van der Waals surface area contributed by atoms with Crippen LogP contribution in [0.4, 0.5) is 0 Å². The lowest BCUT2D eigenvalue weighted by atomic mass is 10.1. The van der Waals surface area contributed by atoms with Crippen molar-refractivity contribution in [2.24, 2.45) is 0 Å². The molecule has 1 aromatic carbocycles. The maximum absolute atomic E-state index is 5.56. The van der Waals surface area contributed by atoms with Crippen molar-refractivity contribution < 1.29 is 9.15 Å². The normalized spacial score (nSPS) is 10.5. The minimum atomic E-state index is 0.670. The summed E-state index contributed by atoms with van der Waals surface area (Å²) in [5, 5.41) is 0. The van der Waals surface area contributed by atoms with Gasteiger partial charge >= 0.3 is 0 Å². The molecule has 0 amide bonds. The zero-order valence-corrected chi connectivity index (χ0v) is 8.91. The van der Waals surface area contributed by atoms with E-state index in [1.807, 2.05) is 25.1 Å². The van der Waals surface area contributed by atoms with E-state index < -0.39 is 0 Å². The van der Waals surface area contributed by atoms with Gasteiger partial charge in [-0.05, 0) is 18.6 Å². The lowest BCUT2D eigenvalue weighted by Gasteiger charge is -2.05. The number of hydrogen-bond acceptors (Lipinski definition) is 3. The largest absolute Gasteiger partial charge is 0.496 e. The van der Waals surface area contributed by atoms with Gasteiger partial charge in [-0.2, -0.15) is 0 Å². The topological polar surface area (TPSA) is 35.3 Å². The number of aromatic nitrogens is 1. The van der Waals surface area contributed by atoms with E-state index in [1.165, 1.54) is 0 Å². The van der Waals surface area contributed by atoms with Crippen LogP contribution in [0, 0.1) is 6.92 Å². The van der Waals surface area contributed by atoms with E-state index >= 15 is 0 Å². The van der Waals surface area contributed by atoms with Crippen LogP contribution in [0.1, 0.15) is 11.5 Å². The highest BCUT2D eigenvalue weighted by molar-refractivity contribution is 5.79. The molecule has 0 aliphatic heterocycles. The SMILES string of the molecule is C=CCc1c(OC)ccc2nc(C)oc12. The molecule has 2 aromatic rings. The standard InChI is InChI=1S/C12H13NO2/c1-4-5-9-11(14-3)7-6-10-12(9)15-8(2)13-10/h4,6-7H,1,5H2,2-3H3. The van der Waals surface area contributed by atoms with E-state index in [-0.39, 0.29) is 0 Å². The number of allylic oxidation sites excluding steroid dienone is 1. The van der Waals surface area contributed by atoms with Gasteiger partial charge in [0.15, 0.2) is 11.5 Å². The minimum Gasteiger partial charge on any atom is -0.496 e. The number of aryl methyl sites for hydroxylation is 1. The van der Waals surface area contributed by atoms with Crippen LogP contribution in [0.25, 0.3) is 11.1 Å². The predicted molar refractivity (Wildman–Crippen MR) is 59.2 cm³/mol. The number of methoxy groups -OCH3 is 1. The summed E-state index contributed by atoms with van der Waals surface area (Å²) in [6.45, 7) is 5.56. The average Bonchev–Trinajstić information content (AvgIpc) is 2.60. The third-order valence-electron chi connectivity index (χ3n) is 2.29. The van der Waals surface area contributed by atoms with Crippen molar-refractivity contribution in [3.05, 3.63) is 36.2 Å². The molecule has 0 aliphatic rings. The van der Waals surface area contributed by atoms with Crippen LogP contribution in [0.2, 0.25) is 0 Å². The molecule has 0 atom stereocenters. The van der Waals surface area contributed by atoms with Crippen molar-refractivity contribution in [3.8, 4) is 5.75 Å². The van der Waals surface area contributed by atoms with Gasteiger partial charge < -0.3 is 9.15 Å². The molecular weight excluding hydrogens is 190 g/mol. The summed E-state index contributed by atoms with van der Waals surface area (Å²) in [5.41, 5.74) is 2.67. The van der Waals surface area contributed by atoms with Crippen LogP contribution < -0.4 is 4.74 Å². The maximum atomic E-state index is 5.56. The van der Waals surface area contributed by atoms with Crippen molar-refractivity contribution in [3.63, 3.8) is 0 Å². The van der Waals surface area contributed by atoms with Gasteiger partial charge in [-0.15, -0.1) is 6.58 Å². The third-order valence-corrected chi connectivity index (χ3v) is 2.29. The summed E-state index contributed by atoms with van der Waals surface area (Å²) < 4.78 is 10.8. The summed E-state index contributed by atoms with van der Waals surface area (Å²) in [6, 6.07) is 3.81. The van der Waals surface area contributed by atoms with Crippen molar-refractivity contribution in [1.29, 1.82) is 0 Å². The predicted octanol–water partition coefficient (Wildman–Crippen LogP) is 2.87. The molecule has 3 heteroatoms. The first-order valence-electron chi connectivity index (χ1n) is 4.80. The maximum Gasteiger partial charge on any atom is 0.192 e. The molecule has 0 saturated heterocycles. The molecule has 2 rings (SSSR count). The van der Waals surface area contributed by atoms with Gasteiger partial charge in [-0.3, -0.25) is 0 Å². The van der Waals surface area contributed by atoms with Crippen LogP contribution in [-0.2, 0) is 6.42 Å². The Balaban J connectivity index is 2.71. The number of benzene rings is 1. The van der Waals surface area contributed by atoms with Crippen molar-refractivity contribution in [1.82, 2.24) is 4.98 Å². The van der Waals surface area contributed by atoms with Crippen LogP contribution in [0.15, 0.2) is 29.2 Å². The third kappa shape index (κ3) is 1.61. The fourth-order valence-corrected chi connectivity index (χ4v) is 1.67. The number of oxazole rings is 1. The summed E-state index contributed by atoms with van der Waals surface area (Å²) in [6.07, 6.45) is 2.55. The number of ether oxygens (including phenoxy) is 1. The van der Waals surface area contributed by atoms with Crippen molar-refractivity contribution in [2.75, 3.05) is 7.11 Å². The van der Waals surface area contributed by atoms with Gasteiger partial charge in [0.25, 0.3) is 0 Å². The Bertz CT molecular complexity index is 500. The van der Waals surface area contributed by atoms with Gasteiger partial charge in [-0.25, -0.2) is 4.98 Å². The van der Waals surface area contributed by atoms with Crippen molar-refractivity contribution in [2.45, 2.75) is 13.3 Å². The lowest BCUT2D eigenvalue weighted by molar-refractivity contribution is 0.410. The molecule has 0 fully saturated rings. The number of hydrogen-bond donors (Lipinski definition) is 0. The molecule has 3 nitrogen and oxygen atoms in total. The summed E-state index contributed by atoms with van der Waals surface area (Å²) >= 11 is 0. The monoisotopic (exact) mass is 203 g/mol. The Kier molecular flexibility index (Phi) is 2.46. The number of fused-ring (bicyclic) bond motifs is 1. The molecular formula is C12H13NO2. The van der Waals surface area contributed by atoms with E-state index in [9.17, 15) is 0 Å². The summed E-state index contributed by atoms with van der Waals surface area (Å²) in [7, 11) is 1.65. The number of nitrogens with zero attached hydrogens (tertiary/aromatic N) is 1. The Morgan fingerprint density at radius 2 is 2.33 bits per heavy atom. The van der Waals surface area contributed by atoms with E-state index in [0.717, 1.165) is 28.8 Å². The Hall–Kier alpha value is -1.77. The quantitative estimate of drug-likeness (QED) is 0.719. The first-order chi connectivity index (χ1) is 7.26. The molecule has 78 valence electrons. The Morgan fingerprint density at radius 1 is 1.53 bits per heavy atom. The van der Waals surface area contributed by atoms with Gasteiger partial charge in [0, 0.05) is 12.5 Å². The molecule has 1 heterocycles. The molecule has 0 bridgehead atoms. The zero-order chi connectivity index (χ0) is 10.8. The van der Waals surface area contributed by atoms with Gasteiger partial charge in [0.05, 0.1) is 7.11 Å². The van der Waals surface area contributed by atoms with Crippen molar-refractivity contribution >= 4 is 11.1 Å². The van der Waals surface area contributed by atoms with Crippen LogP contribution in [0.3, 0.4) is 0 Å². The Labute approximate surface area is 88.4 Å². The number of rotatable bonds is 3. The first kappa shape index (κ1) is 9.77. The van der Waals surface area contributed by atoms with Gasteiger partial charge in [0.2, 0.25) is 0 Å². The second-order valence-electron chi connectivity index (χ2n) is 3.32. The van der Waals surface area contributed by atoms with E-state index in [4.69, 9.17) is 9.15 Å². The smallest absolute Gasteiger partial charge is 0.192 e. The van der Waals surface area contributed by atoms with Crippen LogP contribution >= 0.6 is 0 Å². The molecule has 0 aliphatic carbocycles. The molecule has 0 radical (unpaired) electrons. The lowest BCUT2D eigenvalue weighted by Crippen LogP contribution is -1.91. The highest BCUT2D eigenvalue weighted by Gasteiger charge is 2.11. The highest BCUT2D eigenvalue weighted by atomic mass is 16.5. The Morgan fingerprint density at radius 3 is 3.00 bits per heavy atom. The van der Waals surface area contributed by atoms with Crippen LogP contribution in [-0.4, -0.2) is 12.1 Å². The highest BCUT2D eigenvalue weighted by Crippen LogP contribution is 2.28. The zero-order valence-electron chi connectivity index (χ0n) is 8.91. The minimum absolute atomic E-state index is 0.670. The summed E-state index contributed by atoms with van der Waals surface area (Å²) in [4.78, 5) is 4.27. The first-order valence-corrected chi connectivity index (χ1v) is 4.80. The van der Waals surface area contributed by atoms with E-state index in [0.29, 0.717) is 5.89 Å². The molecule has 0 saturated carbocycles.